The van der Waals surface area contributed by atoms with Crippen LogP contribution < -0.4 is 0 Å². The van der Waals surface area contributed by atoms with Crippen LogP contribution in [0.2, 0.25) is 0 Å². The number of hydrogen-bond donors (Lipinski definition) is 0. The molecule has 1 nitrogen and oxygen atoms in total. The molecular weight excluding hydrogens is 250 g/mol. The lowest BCUT2D eigenvalue weighted by Gasteiger charge is -2.06. The Morgan fingerprint density at radius 3 is 2.53 bits per heavy atom. The largest absolute Gasteiger partial charge is 0.264 e. The molecule has 0 saturated heterocycles. The van der Waals surface area contributed by atoms with Gasteiger partial charge in [-0.05, 0) is 58.1 Å². The fourth-order valence-corrected chi connectivity index (χ4v) is 2.00. The van der Waals surface area contributed by atoms with Gasteiger partial charge in [0.2, 0.25) is 0 Å². The smallest absolute Gasteiger partial charge is 0.0437 e. The van der Waals surface area contributed by atoms with E-state index in [0.29, 0.717) is 0 Å². The van der Waals surface area contributed by atoms with Crippen molar-refractivity contribution in [3.63, 3.8) is 0 Å². The van der Waals surface area contributed by atoms with Gasteiger partial charge in [0.15, 0.2) is 0 Å². The van der Waals surface area contributed by atoms with Crippen LogP contribution >= 0.6 is 15.9 Å². The first-order chi connectivity index (χ1) is 7.18. The van der Waals surface area contributed by atoms with Crippen LogP contribution in [0.4, 0.5) is 0 Å². The zero-order valence-corrected chi connectivity index (χ0v) is 10.4. The molecule has 0 amide bonds. The Kier molecular flexibility index (Phi) is 2.87. The van der Waals surface area contributed by atoms with Crippen molar-refractivity contribution in [2.75, 3.05) is 0 Å². The van der Waals surface area contributed by atoms with E-state index >= 15 is 0 Å². The normalized spacial score (nSPS) is 10.3. The van der Waals surface area contributed by atoms with E-state index in [1.165, 1.54) is 22.3 Å². The van der Waals surface area contributed by atoms with Gasteiger partial charge in [-0.1, -0.05) is 18.2 Å². The highest BCUT2D eigenvalue weighted by atomic mass is 79.9. The molecule has 0 N–H and O–H groups in total. The molecule has 0 fully saturated rings. The molecule has 2 rings (SSSR count). The number of pyridine rings is 1. The molecule has 76 valence electrons. The first kappa shape index (κ1) is 10.4. The van der Waals surface area contributed by atoms with Crippen LogP contribution in [0.1, 0.15) is 11.1 Å². The molecule has 1 aromatic heterocycles. The van der Waals surface area contributed by atoms with Crippen LogP contribution in [0, 0.1) is 13.8 Å². The molecule has 0 radical (unpaired) electrons. The molecule has 2 heteroatoms. The Bertz CT molecular complexity index is 492. The van der Waals surface area contributed by atoms with Crippen molar-refractivity contribution in [1.82, 2.24) is 4.98 Å². The van der Waals surface area contributed by atoms with Gasteiger partial charge in [0, 0.05) is 16.9 Å². The van der Waals surface area contributed by atoms with Crippen molar-refractivity contribution in [1.29, 1.82) is 0 Å². The van der Waals surface area contributed by atoms with Crippen LogP contribution in [0.15, 0.2) is 41.1 Å². The third kappa shape index (κ3) is 2.10. The molecule has 0 saturated carbocycles. The van der Waals surface area contributed by atoms with Crippen molar-refractivity contribution in [3.05, 3.63) is 52.3 Å². The van der Waals surface area contributed by atoms with Crippen molar-refractivity contribution in [2.45, 2.75) is 13.8 Å². The number of aromatic nitrogens is 1. The van der Waals surface area contributed by atoms with Gasteiger partial charge >= 0.3 is 0 Å². The van der Waals surface area contributed by atoms with E-state index in [2.05, 4.69) is 53.0 Å². The Labute approximate surface area is 98.3 Å². The summed E-state index contributed by atoms with van der Waals surface area (Å²) in [4.78, 5) is 4.06. The minimum absolute atomic E-state index is 1.04. The number of nitrogens with zero attached hydrogens (tertiary/aromatic N) is 1. The number of hydrogen-bond acceptors (Lipinski definition) is 1. The van der Waals surface area contributed by atoms with Gasteiger partial charge < -0.3 is 0 Å². The van der Waals surface area contributed by atoms with Gasteiger partial charge in [0.25, 0.3) is 0 Å². The van der Waals surface area contributed by atoms with Crippen molar-refractivity contribution in [2.24, 2.45) is 0 Å². The number of aryl methyl sites for hydroxylation is 2. The molecule has 0 aliphatic carbocycles. The molecule has 1 aromatic carbocycles. The average Bonchev–Trinajstić information content (AvgIpc) is 2.23. The second kappa shape index (κ2) is 4.15. The molecule has 15 heavy (non-hydrogen) atoms. The predicted molar refractivity (Wildman–Crippen MR) is 66.8 cm³/mol. The van der Waals surface area contributed by atoms with Crippen LogP contribution in [0.5, 0.6) is 0 Å². The van der Waals surface area contributed by atoms with Crippen molar-refractivity contribution in [3.8, 4) is 11.1 Å². The summed E-state index contributed by atoms with van der Waals surface area (Å²) in [5.74, 6) is 0. The second-order valence-corrected chi connectivity index (χ2v) is 4.51. The summed E-state index contributed by atoms with van der Waals surface area (Å²) >= 11 is 3.51. The Morgan fingerprint density at radius 1 is 1.07 bits per heavy atom. The summed E-state index contributed by atoms with van der Waals surface area (Å²) < 4.78 is 1.04. The van der Waals surface area contributed by atoms with Gasteiger partial charge in [-0.3, -0.25) is 4.98 Å². The number of benzene rings is 1. The minimum Gasteiger partial charge on any atom is -0.264 e. The molecule has 0 bridgehead atoms. The summed E-state index contributed by atoms with van der Waals surface area (Å²) in [6, 6.07) is 8.52. The van der Waals surface area contributed by atoms with Gasteiger partial charge in [-0.2, -0.15) is 0 Å². The van der Waals surface area contributed by atoms with E-state index in [-0.39, 0.29) is 0 Å². The maximum absolute atomic E-state index is 4.06. The van der Waals surface area contributed by atoms with E-state index in [9.17, 15) is 0 Å². The van der Waals surface area contributed by atoms with Crippen molar-refractivity contribution >= 4 is 15.9 Å². The van der Waals surface area contributed by atoms with Crippen LogP contribution in [-0.2, 0) is 0 Å². The maximum Gasteiger partial charge on any atom is 0.0437 e. The van der Waals surface area contributed by atoms with Gasteiger partial charge in [-0.15, -0.1) is 0 Å². The first-order valence-corrected chi connectivity index (χ1v) is 5.65. The van der Waals surface area contributed by atoms with Crippen LogP contribution in [0.3, 0.4) is 0 Å². The van der Waals surface area contributed by atoms with E-state index in [1.807, 2.05) is 18.5 Å². The number of halogens is 1. The Balaban J connectivity index is 2.55. The molecular formula is C13H12BrN. The highest BCUT2D eigenvalue weighted by Crippen LogP contribution is 2.28. The van der Waals surface area contributed by atoms with Gasteiger partial charge in [0.1, 0.15) is 0 Å². The summed E-state index contributed by atoms with van der Waals surface area (Å²) in [7, 11) is 0. The standard InChI is InChI=1S/C13H12BrN/c1-9-3-4-11(7-10(9)2)12-5-6-15-8-13(12)14/h3-8H,1-2H3. The second-order valence-electron chi connectivity index (χ2n) is 3.65. The summed E-state index contributed by atoms with van der Waals surface area (Å²) in [6.45, 7) is 4.26. The minimum atomic E-state index is 1.04. The highest BCUT2D eigenvalue weighted by molar-refractivity contribution is 9.10. The van der Waals surface area contributed by atoms with E-state index < -0.39 is 0 Å². The average molecular weight is 262 g/mol. The zero-order chi connectivity index (χ0) is 10.8. The van der Waals surface area contributed by atoms with E-state index in [1.54, 1.807) is 0 Å². The van der Waals surface area contributed by atoms with Crippen LogP contribution in [0.25, 0.3) is 11.1 Å². The Hall–Kier alpha value is -1.15. The molecule has 2 aromatic rings. The predicted octanol–water partition coefficient (Wildman–Crippen LogP) is 4.13. The number of rotatable bonds is 1. The highest BCUT2D eigenvalue weighted by Gasteiger charge is 2.03. The zero-order valence-electron chi connectivity index (χ0n) is 8.79. The summed E-state index contributed by atoms with van der Waals surface area (Å²) in [5, 5.41) is 0. The fourth-order valence-electron chi connectivity index (χ4n) is 1.52. The topological polar surface area (TPSA) is 12.9 Å². The quantitative estimate of drug-likeness (QED) is 0.753. The molecule has 0 aliphatic heterocycles. The van der Waals surface area contributed by atoms with Crippen molar-refractivity contribution < 1.29 is 0 Å². The lowest BCUT2D eigenvalue weighted by molar-refractivity contribution is 1.30. The molecule has 0 unspecified atom stereocenters. The lowest BCUT2D eigenvalue weighted by atomic mass is 10.0. The monoisotopic (exact) mass is 261 g/mol. The van der Waals surface area contributed by atoms with E-state index in [4.69, 9.17) is 0 Å². The molecule has 0 spiro atoms. The fraction of sp³-hybridized carbons (Fsp3) is 0.154. The summed E-state index contributed by atoms with van der Waals surface area (Å²) in [6.07, 6.45) is 3.64. The molecule has 1 heterocycles. The first-order valence-electron chi connectivity index (χ1n) is 4.85. The van der Waals surface area contributed by atoms with Crippen LogP contribution in [-0.4, -0.2) is 4.98 Å². The summed E-state index contributed by atoms with van der Waals surface area (Å²) in [5.41, 5.74) is 5.06. The molecule has 0 aliphatic rings. The third-order valence-corrected chi connectivity index (χ3v) is 3.22. The van der Waals surface area contributed by atoms with Gasteiger partial charge in [-0.25, -0.2) is 0 Å². The molecule has 0 atom stereocenters. The van der Waals surface area contributed by atoms with Gasteiger partial charge in [0.05, 0.1) is 0 Å². The van der Waals surface area contributed by atoms with E-state index in [0.717, 1.165) is 4.47 Å². The SMILES string of the molecule is Cc1ccc(-c2ccncc2Br)cc1C. The lowest BCUT2D eigenvalue weighted by Crippen LogP contribution is -1.85. The maximum atomic E-state index is 4.06. The third-order valence-electron chi connectivity index (χ3n) is 2.59. The Morgan fingerprint density at radius 2 is 1.87 bits per heavy atom.